The van der Waals surface area contributed by atoms with E-state index in [4.69, 9.17) is 11.6 Å². The third-order valence-corrected chi connectivity index (χ3v) is 4.67. The van der Waals surface area contributed by atoms with E-state index >= 15 is 0 Å². The number of carbonyl (C=O) groups excluding carboxylic acids is 1. The molecular weight excluding hydrogens is 399 g/mol. The standard InChI is InChI=1S/C18H13ClF3N3OS/c1-10-23-16(9-27-10)11-3-2-4-12(7-11)24-17(26)25-13-5-6-15(19)14(8-13)18(20,21)22/h2-9H,1H3,(H2,24,25,26). The number of nitrogens with zero attached hydrogens (tertiary/aromatic N) is 1. The number of aromatic nitrogens is 1. The molecule has 1 aromatic heterocycles. The maximum absolute atomic E-state index is 12.9. The second-order valence-corrected chi connectivity index (χ2v) is 7.07. The summed E-state index contributed by atoms with van der Waals surface area (Å²) in [5.41, 5.74) is 1.07. The van der Waals surface area contributed by atoms with Crippen LogP contribution in [0.4, 0.5) is 29.3 Å². The fourth-order valence-corrected chi connectivity index (χ4v) is 3.21. The van der Waals surface area contributed by atoms with Crippen molar-refractivity contribution < 1.29 is 18.0 Å². The van der Waals surface area contributed by atoms with Gasteiger partial charge in [-0.25, -0.2) is 9.78 Å². The lowest BCUT2D eigenvalue weighted by Gasteiger charge is -2.12. The van der Waals surface area contributed by atoms with Crippen LogP contribution in [0, 0.1) is 6.92 Å². The number of thiazole rings is 1. The number of alkyl halides is 3. The van der Waals surface area contributed by atoms with Gasteiger partial charge in [-0.05, 0) is 37.3 Å². The highest BCUT2D eigenvalue weighted by Gasteiger charge is 2.33. The van der Waals surface area contributed by atoms with Crippen LogP contribution in [0.15, 0.2) is 47.8 Å². The van der Waals surface area contributed by atoms with Gasteiger partial charge in [0.15, 0.2) is 0 Å². The Labute approximate surface area is 162 Å². The monoisotopic (exact) mass is 411 g/mol. The highest BCUT2D eigenvalue weighted by molar-refractivity contribution is 7.09. The molecule has 2 N–H and O–H groups in total. The minimum Gasteiger partial charge on any atom is -0.308 e. The number of benzene rings is 2. The highest BCUT2D eigenvalue weighted by Crippen LogP contribution is 2.36. The molecule has 0 spiro atoms. The average molecular weight is 412 g/mol. The SMILES string of the molecule is Cc1nc(-c2cccc(NC(=O)Nc3ccc(Cl)c(C(F)(F)F)c3)c2)cs1. The van der Waals surface area contributed by atoms with Gasteiger partial charge >= 0.3 is 12.2 Å². The van der Waals surface area contributed by atoms with E-state index < -0.39 is 22.8 Å². The third kappa shape index (κ3) is 4.78. The molecule has 0 unspecified atom stereocenters. The van der Waals surface area contributed by atoms with Crippen LogP contribution in [0.1, 0.15) is 10.6 Å². The molecule has 1 heterocycles. The molecule has 3 aromatic rings. The van der Waals surface area contributed by atoms with Gasteiger partial charge in [-0.3, -0.25) is 0 Å². The molecule has 9 heteroatoms. The van der Waals surface area contributed by atoms with Gasteiger partial charge in [0.05, 0.1) is 21.3 Å². The summed E-state index contributed by atoms with van der Waals surface area (Å²) in [6, 6.07) is 9.52. The molecule has 0 saturated carbocycles. The van der Waals surface area contributed by atoms with Crippen LogP contribution in [-0.2, 0) is 6.18 Å². The predicted molar refractivity (Wildman–Crippen MR) is 101 cm³/mol. The van der Waals surface area contributed by atoms with Crippen LogP contribution in [-0.4, -0.2) is 11.0 Å². The number of halogens is 4. The highest BCUT2D eigenvalue weighted by atomic mass is 35.5. The number of aryl methyl sites for hydroxylation is 1. The number of hydrogen-bond donors (Lipinski definition) is 2. The zero-order valence-corrected chi connectivity index (χ0v) is 15.5. The number of rotatable bonds is 3. The summed E-state index contributed by atoms with van der Waals surface area (Å²) in [6.45, 7) is 1.89. The number of nitrogens with one attached hydrogen (secondary N) is 2. The van der Waals surface area contributed by atoms with Crippen LogP contribution in [0.3, 0.4) is 0 Å². The fraction of sp³-hybridized carbons (Fsp3) is 0.111. The zero-order valence-electron chi connectivity index (χ0n) is 13.9. The Balaban J connectivity index is 1.73. The Morgan fingerprint density at radius 2 is 1.81 bits per heavy atom. The van der Waals surface area contributed by atoms with Gasteiger partial charge in [-0.2, -0.15) is 13.2 Å². The smallest absolute Gasteiger partial charge is 0.308 e. The van der Waals surface area contributed by atoms with Gasteiger partial charge in [0.1, 0.15) is 0 Å². The first kappa shape index (κ1) is 19.2. The average Bonchev–Trinajstić information content (AvgIpc) is 3.02. The second-order valence-electron chi connectivity index (χ2n) is 5.60. The summed E-state index contributed by atoms with van der Waals surface area (Å²) in [7, 11) is 0. The molecule has 4 nitrogen and oxygen atoms in total. The number of anilines is 2. The molecule has 3 rings (SSSR count). The van der Waals surface area contributed by atoms with Crippen LogP contribution in [0.5, 0.6) is 0 Å². The number of amides is 2. The van der Waals surface area contributed by atoms with E-state index in [1.165, 1.54) is 17.4 Å². The normalized spacial score (nSPS) is 11.3. The van der Waals surface area contributed by atoms with Crippen molar-refractivity contribution in [3.63, 3.8) is 0 Å². The second kappa shape index (κ2) is 7.58. The van der Waals surface area contributed by atoms with Gasteiger partial charge < -0.3 is 10.6 Å². The molecule has 0 fully saturated rings. The number of carbonyl (C=O) groups is 1. The van der Waals surface area contributed by atoms with Crippen molar-refractivity contribution in [1.82, 2.24) is 4.98 Å². The van der Waals surface area contributed by atoms with Crippen LogP contribution in [0.25, 0.3) is 11.3 Å². The molecule has 0 radical (unpaired) electrons. The van der Waals surface area contributed by atoms with Crippen molar-refractivity contribution in [2.24, 2.45) is 0 Å². The van der Waals surface area contributed by atoms with E-state index in [0.717, 1.165) is 28.4 Å². The first-order valence-electron chi connectivity index (χ1n) is 7.70. The number of hydrogen-bond acceptors (Lipinski definition) is 3. The Hall–Kier alpha value is -2.58. The molecule has 0 atom stereocenters. The van der Waals surface area contributed by atoms with Crippen molar-refractivity contribution in [2.75, 3.05) is 10.6 Å². The van der Waals surface area contributed by atoms with Gasteiger partial charge in [-0.15, -0.1) is 11.3 Å². The van der Waals surface area contributed by atoms with E-state index in [9.17, 15) is 18.0 Å². The minimum absolute atomic E-state index is 0.0181. The summed E-state index contributed by atoms with van der Waals surface area (Å²) < 4.78 is 38.7. The molecule has 2 aromatic carbocycles. The maximum Gasteiger partial charge on any atom is 0.417 e. The predicted octanol–water partition coefficient (Wildman–Crippen LogP) is 6.43. The van der Waals surface area contributed by atoms with Gasteiger partial charge in [0, 0.05) is 22.3 Å². The topological polar surface area (TPSA) is 54.0 Å². The summed E-state index contributed by atoms with van der Waals surface area (Å²) in [5.74, 6) is 0. The van der Waals surface area contributed by atoms with Gasteiger partial charge in [0.2, 0.25) is 0 Å². The minimum atomic E-state index is -4.61. The first-order chi connectivity index (χ1) is 12.7. The summed E-state index contributed by atoms with van der Waals surface area (Å²) in [5, 5.41) is 7.36. The molecule has 0 bridgehead atoms. The van der Waals surface area contributed by atoms with Crippen LogP contribution < -0.4 is 10.6 Å². The fourth-order valence-electron chi connectivity index (χ4n) is 2.37. The van der Waals surface area contributed by atoms with E-state index in [-0.39, 0.29) is 5.69 Å². The number of urea groups is 1. The zero-order chi connectivity index (χ0) is 19.6. The molecule has 0 aliphatic heterocycles. The molecule has 27 heavy (non-hydrogen) atoms. The van der Waals surface area contributed by atoms with Crippen molar-refractivity contribution in [2.45, 2.75) is 13.1 Å². The maximum atomic E-state index is 12.9. The Kier molecular flexibility index (Phi) is 5.38. The van der Waals surface area contributed by atoms with Gasteiger partial charge in [-0.1, -0.05) is 23.7 Å². The van der Waals surface area contributed by atoms with Crippen molar-refractivity contribution in [1.29, 1.82) is 0 Å². The largest absolute Gasteiger partial charge is 0.417 e. The first-order valence-corrected chi connectivity index (χ1v) is 8.95. The lowest BCUT2D eigenvalue weighted by atomic mass is 10.1. The van der Waals surface area contributed by atoms with Crippen molar-refractivity contribution >= 4 is 40.3 Å². The molecule has 0 saturated heterocycles. The summed E-state index contributed by atoms with van der Waals surface area (Å²) in [4.78, 5) is 16.5. The Bertz CT molecular complexity index is 988. The van der Waals surface area contributed by atoms with E-state index in [0.29, 0.717) is 5.69 Å². The molecule has 2 amide bonds. The van der Waals surface area contributed by atoms with Crippen molar-refractivity contribution in [3.8, 4) is 11.3 Å². The van der Waals surface area contributed by atoms with Crippen LogP contribution in [0.2, 0.25) is 5.02 Å². The quantitative estimate of drug-likeness (QED) is 0.521. The summed E-state index contributed by atoms with van der Waals surface area (Å²) in [6.07, 6.45) is -4.61. The lowest BCUT2D eigenvalue weighted by Crippen LogP contribution is -2.20. The van der Waals surface area contributed by atoms with Crippen molar-refractivity contribution in [3.05, 3.63) is 63.4 Å². The van der Waals surface area contributed by atoms with E-state index in [1.54, 1.807) is 18.2 Å². The Morgan fingerprint density at radius 3 is 2.44 bits per heavy atom. The molecule has 0 aliphatic rings. The van der Waals surface area contributed by atoms with E-state index in [1.807, 2.05) is 18.4 Å². The molecular formula is C18H13ClF3N3OS. The lowest BCUT2D eigenvalue weighted by molar-refractivity contribution is -0.137. The van der Waals surface area contributed by atoms with E-state index in [2.05, 4.69) is 15.6 Å². The molecule has 140 valence electrons. The Morgan fingerprint density at radius 1 is 1.11 bits per heavy atom. The van der Waals surface area contributed by atoms with Crippen LogP contribution >= 0.6 is 22.9 Å². The molecule has 0 aliphatic carbocycles. The van der Waals surface area contributed by atoms with Gasteiger partial charge in [0.25, 0.3) is 0 Å². The third-order valence-electron chi connectivity index (χ3n) is 3.56. The summed E-state index contributed by atoms with van der Waals surface area (Å²) >= 11 is 7.08.